The number of benzene rings is 1. The fraction of sp³-hybridized carbons (Fsp3) is 0.529. The second kappa shape index (κ2) is 7.01. The zero-order valence-electron chi connectivity index (χ0n) is 14.7. The summed E-state index contributed by atoms with van der Waals surface area (Å²) in [7, 11) is 0.706. The van der Waals surface area contributed by atoms with Crippen molar-refractivity contribution in [2.24, 2.45) is 0 Å². The average molecular weight is 383 g/mol. The SMILES string of the molecule is C[C@H](c1nc2ccccc2s1)[NH+](C)CC(=O)N(C)[C@@H]1CCS(=O)(=O)C1. The number of fused-ring (bicyclic) bond motifs is 1. The van der Waals surface area contributed by atoms with Gasteiger partial charge in [0.05, 0.1) is 28.8 Å². The maximum atomic E-state index is 12.6. The van der Waals surface area contributed by atoms with Gasteiger partial charge in [-0.3, -0.25) is 4.79 Å². The van der Waals surface area contributed by atoms with Crippen molar-refractivity contribution in [3.63, 3.8) is 0 Å². The highest BCUT2D eigenvalue weighted by atomic mass is 32.2. The monoisotopic (exact) mass is 382 g/mol. The predicted octanol–water partition coefficient (Wildman–Crippen LogP) is 0.518. The van der Waals surface area contributed by atoms with E-state index in [1.54, 1.807) is 23.3 Å². The number of hydrogen-bond acceptors (Lipinski definition) is 5. The van der Waals surface area contributed by atoms with Gasteiger partial charge in [-0.15, -0.1) is 11.3 Å². The van der Waals surface area contributed by atoms with Gasteiger partial charge in [0.25, 0.3) is 5.91 Å². The Kier molecular flexibility index (Phi) is 5.13. The molecule has 0 aliphatic carbocycles. The van der Waals surface area contributed by atoms with Crippen LogP contribution >= 0.6 is 11.3 Å². The fourth-order valence-electron chi connectivity index (χ4n) is 3.09. The Morgan fingerprint density at radius 3 is 2.80 bits per heavy atom. The molecule has 0 radical (unpaired) electrons. The molecule has 1 aliphatic rings. The Morgan fingerprint density at radius 1 is 1.44 bits per heavy atom. The zero-order chi connectivity index (χ0) is 18.2. The number of nitrogens with one attached hydrogen (secondary N) is 1. The van der Waals surface area contributed by atoms with E-state index in [9.17, 15) is 13.2 Å². The van der Waals surface area contributed by atoms with Gasteiger partial charge in [0, 0.05) is 13.1 Å². The molecule has 1 aromatic carbocycles. The Bertz CT molecular complexity index is 845. The molecule has 0 saturated carbocycles. The number of quaternary nitrogens is 1. The van der Waals surface area contributed by atoms with E-state index in [2.05, 4.69) is 18.0 Å². The van der Waals surface area contributed by atoms with E-state index in [1.165, 1.54) is 0 Å². The average Bonchev–Trinajstić information content (AvgIpc) is 3.16. The number of sulfone groups is 1. The van der Waals surface area contributed by atoms with E-state index in [1.807, 2.05) is 25.2 Å². The number of carbonyl (C=O) groups excluding carboxylic acids is 1. The first-order valence-electron chi connectivity index (χ1n) is 8.40. The van der Waals surface area contributed by atoms with Crippen LogP contribution in [-0.4, -0.2) is 62.4 Å². The number of nitrogens with zero attached hydrogens (tertiary/aromatic N) is 2. The third-order valence-corrected chi connectivity index (χ3v) is 7.97. The molecule has 3 atom stereocenters. The van der Waals surface area contributed by atoms with Crippen molar-refractivity contribution in [2.45, 2.75) is 25.4 Å². The van der Waals surface area contributed by atoms with Crippen LogP contribution < -0.4 is 4.90 Å². The van der Waals surface area contributed by atoms with Crippen LogP contribution in [0, 0.1) is 0 Å². The van der Waals surface area contributed by atoms with Crippen LogP contribution in [-0.2, 0) is 14.6 Å². The summed E-state index contributed by atoms with van der Waals surface area (Å²) in [5, 5.41) is 1.01. The molecular formula is C17H24N3O3S2+. The molecule has 3 rings (SSSR count). The van der Waals surface area contributed by atoms with Gasteiger partial charge < -0.3 is 9.80 Å². The molecule has 6 nitrogen and oxygen atoms in total. The summed E-state index contributed by atoms with van der Waals surface area (Å²) >= 11 is 1.66. The lowest BCUT2D eigenvalue weighted by atomic mass is 10.2. The van der Waals surface area contributed by atoms with Crippen molar-refractivity contribution in [1.82, 2.24) is 9.88 Å². The van der Waals surface area contributed by atoms with Gasteiger partial charge in [0.1, 0.15) is 6.04 Å². The number of hydrogen-bond donors (Lipinski definition) is 1. The van der Waals surface area contributed by atoms with Gasteiger partial charge in [0.15, 0.2) is 21.4 Å². The molecule has 8 heteroatoms. The summed E-state index contributed by atoms with van der Waals surface area (Å²) in [6.07, 6.45) is 0.539. The second-order valence-corrected chi connectivity index (χ2v) is 10.1. The van der Waals surface area contributed by atoms with Crippen molar-refractivity contribution in [2.75, 3.05) is 32.1 Å². The quantitative estimate of drug-likeness (QED) is 0.818. The lowest BCUT2D eigenvalue weighted by molar-refractivity contribution is -0.902. The van der Waals surface area contributed by atoms with Crippen molar-refractivity contribution in [1.29, 1.82) is 0 Å². The van der Waals surface area contributed by atoms with Crippen LogP contribution in [0.15, 0.2) is 24.3 Å². The van der Waals surface area contributed by atoms with E-state index in [0.717, 1.165) is 20.1 Å². The van der Waals surface area contributed by atoms with E-state index in [-0.39, 0.29) is 29.5 Å². The highest BCUT2D eigenvalue weighted by Crippen LogP contribution is 2.24. The van der Waals surface area contributed by atoms with Crippen molar-refractivity contribution in [3.05, 3.63) is 29.3 Å². The third-order valence-electron chi connectivity index (χ3n) is 5.00. The summed E-state index contributed by atoms with van der Waals surface area (Å²) in [6, 6.07) is 7.93. The first-order valence-corrected chi connectivity index (χ1v) is 11.0. The van der Waals surface area contributed by atoms with Crippen LogP contribution in [0.3, 0.4) is 0 Å². The predicted molar refractivity (Wildman–Crippen MR) is 99.6 cm³/mol. The molecule has 0 bridgehead atoms. The molecule has 1 amide bonds. The minimum atomic E-state index is -2.99. The van der Waals surface area contributed by atoms with Gasteiger partial charge in [0.2, 0.25) is 0 Å². The smallest absolute Gasteiger partial charge is 0.277 e. The van der Waals surface area contributed by atoms with Crippen LogP contribution in [0.4, 0.5) is 0 Å². The number of aromatic nitrogens is 1. The van der Waals surface area contributed by atoms with Gasteiger partial charge in [-0.2, -0.15) is 0 Å². The Morgan fingerprint density at radius 2 is 2.16 bits per heavy atom. The van der Waals surface area contributed by atoms with Crippen molar-refractivity contribution < 1.29 is 18.1 Å². The molecule has 1 unspecified atom stereocenters. The van der Waals surface area contributed by atoms with E-state index < -0.39 is 9.84 Å². The minimum Gasteiger partial charge on any atom is -0.337 e. The van der Waals surface area contributed by atoms with E-state index >= 15 is 0 Å². The number of amides is 1. The van der Waals surface area contributed by atoms with Gasteiger partial charge in [-0.25, -0.2) is 13.4 Å². The standard InChI is InChI=1S/C17H23N3O3S2/c1-12(17-18-14-6-4-5-7-15(14)24-17)19(2)10-16(21)20(3)13-8-9-25(22,23)11-13/h4-7,12-13H,8-11H2,1-3H3/p+1/t12-,13-/m1/s1. The van der Waals surface area contributed by atoms with Gasteiger partial charge in [-0.1, -0.05) is 12.1 Å². The Balaban J connectivity index is 1.64. The van der Waals surface area contributed by atoms with Crippen LogP contribution in [0.2, 0.25) is 0 Å². The summed E-state index contributed by atoms with van der Waals surface area (Å²) in [6.45, 7) is 2.39. The van der Waals surface area contributed by atoms with Crippen molar-refractivity contribution in [3.8, 4) is 0 Å². The lowest BCUT2D eigenvalue weighted by Gasteiger charge is -2.26. The second-order valence-electron chi connectivity index (χ2n) is 6.83. The van der Waals surface area contributed by atoms with Crippen molar-refractivity contribution >= 4 is 37.3 Å². The topological polar surface area (TPSA) is 71.8 Å². The summed E-state index contributed by atoms with van der Waals surface area (Å²) in [5.41, 5.74) is 0.988. The maximum absolute atomic E-state index is 12.6. The largest absolute Gasteiger partial charge is 0.337 e. The van der Waals surface area contributed by atoms with Gasteiger partial charge in [-0.05, 0) is 25.5 Å². The number of rotatable bonds is 5. The summed E-state index contributed by atoms with van der Waals surface area (Å²) in [5.74, 6) is 0.245. The van der Waals surface area contributed by atoms with E-state index in [0.29, 0.717) is 13.0 Å². The lowest BCUT2D eigenvalue weighted by Crippen LogP contribution is -3.10. The fourth-order valence-corrected chi connectivity index (χ4v) is 5.97. The molecule has 25 heavy (non-hydrogen) atoms. The number of para-hydroxylation sites is 1. The molecule has 1 aromatic heterocycles. The molecule has 2 aromatic rings. The van der Waals surface area contributed by atoms with Gasteiger partial charge >= 0.3 is 0 Å². The van der Waals surface area contributed by atoms with Crippen LogP contribution in [0.25, 0.3) is 10.2 Å². The summed E-state index contributed by atoms with van der Waals surface area (Å²) < 4.78 is 24.4. The third kappa shape index (κ3) is 4.02. The molecule has 0 spiro atoms. The molecule has 1 N–H and O–H groups in total. The maximum Gasteiger partial charge on any atom is 0.277 e. The Labute approximate surface area is 152 Å². The molecule has 2 heterocycles. The van der Waals surface area contributed by atoms with Crippen LogP contribution in [0.1, 0.15) is 24.4 Å². The minimum absolute atomic E-state index is 0.0208. The number of carbonyl (C=O) groups is 1. The molecule has 136 valence electrons. The Hall–Kier alpha value is -1.51. The highest BCUT2D eigenvalue weighted by Gasteiger charge is 2.34. The molecular weight excluding hydrogens is 358 g/mol. The molecule has 1 saturated heterocycles. The first-order chi connectivity index (χ1) is 11.8. The highest BCUT2D eigenvalue weighted by molar-refractivity contribution is 7.91. The molecule has 1 aliphatic heterocycles. The number of thiazole rings is 1. The number of likely N-dealkylation sites (N-methyl/N-ethyl adjacent to an activating group) is 2. The summed E-state index contributed by atoms with van der Waals surface area (Å²) in [4.78, 5) is 19.9. The van der Waals surface area contributed by atoms with E-state index in [4.69, 9.17) is 0 Å². The molecule has 1 fully saturated rings. The van der Waals surface area contributed by atoms with Crippen LogP contribution in [0.5, 0.6) is 0 Å². The first kappa shape index (κ1) is 18.3. The zero-order valence-corrected chi connectivity index (χ0v) is 16.4. The normalized spacial score (nSPS) is 22.0.